The average molecular weight is 390 g/mol. The van der Waals surface area contributed by atoms with Gasteiger partial charge in [-0.15, -0.1) is 0 Å². The van der Waals surface area contributed by atoms with E-state index in [1.54, 1.807) is 13.8 Å². The molecule has 1 aromatic heterocycles. The van der Waals surface area contributed by atoms with Crippen LogP contribution in [0, 0.1) is 19.7 Å². The molecule has 8 nitrogen and oxygen atoms in total. The van der Waals surface area contributed by atoms with E-state index in [0.29, 0.717) is 11.4 Å². The van der Waals surface area contributed by atoms with Crippen LogP contribution < -0.4 is 9.03 Å². The van der Waals surface area contributed by atoms with Gasteiger partial charge in [-0.25, -0.2) is 25.9 Å². The monoisotopic (exact) mass is 390 g/mol. The Morgan fingerprint density at radius 3 is 2.24 bits per heavy atom. The van der Waals surface area contributed by atoms with Crippen molar-refractivity contribution in [3.8, 4) is 0 Å². The number of nitrogens with one attached hydrogen (secondary N) is 2. The van der Waals surface area contributed by atoms with Crippen LogP contribution in [-0.2, 0) is 20.0 Å². The Balaban J connectivity index is 2.16. The van der Waals surface area contributed by atoms with Gasteiger partial charge in [0.15, 0.2) is 0 Å². The molecule has 0 radical (unpaired) electrons. The summed E-state index contributed by atoms with van der Waals surface area (Å²) in [6, 6.07) is 4.90. The third-order valence-corrected chi connectivity index (χ3v) is 6.37. The van der Waals surface area contributed by atoms with Gasteiger partial charge >= 0.3 is 0 Å². The van der Waals surface area contributed by atoms with Crippen LogP contribution in [0.2, 0.25) is 0 Å². The molecule has 0 amide bonds. The van der Waals surface area contributed by atoms with E-state index in [1.165, 1.54) is 12.1 Å². The first-order valence-electron chi connectivity index (χ1n) is 7.27. The number of aromatic amines is 1. The molecule has 0 unspecified atom stereocenters. The Morgan fingerprint density at radius 1 is 1.16 bits per heavy atom. The summed E-state index contributed by atoms with van der Waals surface area (Å²) in [5, 5.41) is 6.42. The molecule has 0 saturated carbocycles. The maximum absolute atomic E-state index is 13.0. The first-order valence-corrected chi connectivity index (χ1v) is 10.6. The molecule has 0 aliphatic rings. The van der Waals surface area contributed by atoms with Crippen molar-refractivity contribution in [2.45, 2.75) is 18.7 Å². The molecular weight excluding hydrogens is 371 g/mol. The van der Waals surface area contributed by atoms with Gasteiger partial charge in [-0.2, -0.15) is 5.10 Å². The van der Waals surface area contributed by atoms with Crippen molar-refractivity contribution in [3.05, 3.63) is 41.5 Å². The normalized spacial score (nSPS) is 12.3. The topological polar surface area (TPSA) is 112 Å². The minimum absolute atomic E-state index is 0.0418. The van der Waals surface area contributed by atoms with Crippen LogP contribution in [0.3, 0.4) is 0 Å². The molecule has 0 aliphatic heterocycles. The molecule has 2 N–H and O–H groups in total. The molecule has 11 heteroatoms. The Labute approximate surface area is 146 Å². The van der Waals surface area contributed by atoms with Crippen molar-refractivity contribution in [3.63, 3.8) is 0 Å². The summed E-state index contributed by atoms with van der Waals surface area (Å²) in [5.74, 6) is -0.496. The molecule has 0 spiro atoms. The van der Waals surface area contributed by atoms with Crippen molar-refractivity contribution in [2.24, 2.45) is 0 Å². The van der Waals surface area contributed by atoms with Crippen molar-refractivity contribution >= 4 is 25.7 Å². The van der Waals surface area contributed by atoms with E-state index < -0.39 is 25.9 Å². The minimum atomic E-state index is -3.83. The number of rotatable bonds is 7. The van der Waals surface area contributed by atoms with Crippen LogP contribution in [0.25, 0.3) is 0 Å². The molecule has 0 fully saturated rings. The number of aryl methyl sites for hydroxylation is 2. The summed E-state index contributed by atoms with van der Waals surface area (Å²) in [5.41, 5.74) is 0.964. The number of anilines is 1. The SMILES string of the molecule is Cc1n[nH]c(C)c1S(=O)(=O)NCCN(c1ccc(F)cc1)S(C)(=O)=O. The molecule has 2 rings (SSSR count). The van der Waals surface area contributed by atoms with Gasteiger partial charge in [0.2, 0.25) is 20.0 Å². The lowest BCUT2D eigenvalue weighted by Gasteiger charge is -2.22. The smallest absolute Gasteiger partial charge is 0.244 e. The highest BCUT2D eigenvalue weighted by atomic mass is 32.2. The minimum Gasteiger partial charge on any atom is -0.281 e. The summed E-state index contributed by atoms with van der Waals surface area (Å²) < 4.78 is 65.0. The molecule has 0 bridgehead atoms. The molecule has 0 aliphatic carbocycles. The van der Waals surface area contributed by atoms with Gasteiger partial charge in [-0.1, -0.05) is 0 Å². The summed E-state index contributed by atoms with van der Waals surface area (Å²) >= 11 is 0. The Bertz CT molecular complexity index is 934. The van der Waals surface area contributed by atoms with E-state index in [-0.39, 0.29) is 23.7 Å². The Hall–Kier alpha value is -1.98. The molecule has 0 saturated heterocycles. The molecule has 0 atom stereocenters. The lowest BCUT2D eigenvalue weighted by Crippen LogP contribution is -2.38. The largest absolute Gasteiger partial charge is 0.281 e. The lowest BCUT2D eigenvalue weighted by molar-refractivity contribution is 0.577. The zero-order valence-electron chi connectivity index (χ0n) is 13.9. The van der Waals surface area contributed by atoms with Crippen molar-refractivity contribution < 1.29 is 21.2 Å². The number of H-pyrrole nitrogens is 1. The molecule has 1 aromatic carbocycles. The van der Waals surface area contributed by atoms with Gasteiger partial charge in [-0.3, -0.25) is 9.40 Å². The van der Waals surface area contributed by atoms with E-state index >= 15 is 0 Å². The number of nitrogens with zero attached hydrogens (tertiary/aromatic N) is 2. The fourth-order valence-electron chi connectivity index (χ4n) is 2.38. The molecule has 25 heavy (non-hydrogen) atoms. The van der Waals surface area contributed by atoms with Crippen LogP contribution in [0.1, 0.15) is 11.4 Å². The highest BCUT2D eigenvalue weighted by molar-refractivity contribution is 7.92. The third kappa shape index (κ3) is 4.55. The van der Waals surface area contributed by atoms with E-state index in [2.05, 4.69) is 14.9 Å². The first kappa shape index (κ1) is 19.3. The number of aromatic nitrogens is 2. The van der Waals surface area contributed by atoms with Crippen molar-refractivity contribution in [1.82, 2.24) is 14.9 Å². The maximum atomic E-state index is 13.0. The van der Waals surface area contributed by atoms with Gasteiger partial charge in [0.05, 0.1) is 23.3 Å². The second-order valence-corrected chi connectivity index (χ2v) is 9.08. The van der Waals surface area contributed by atoms with Crippen LogP contribution in [0.4, 0.5) is 10.1 Å². The van der Waals surface area contributed by atoms with Crippen molar-refractivity contribution in [1.29, 1.82) is 0 Å². The number of sulfonamides is 2. The van der Waals surface area contributed by atoms with Gasteiger partial charge in [0.25, 0.3) is 0 Å². The van der Waals surface area contributed by atoms with Gasteiger partial charge in [0, 0.05) is 13.1 Å². The third-order valence-electron chi connectivity index (χ3n) is 3.45. The first-order chi connectivity index (χ1) is 11.5. The average Bonchev–Trinajstić information content (AvgIpc) is 2.83. The Kier molecular flexibility index (Phi) is 5.49. The van der Waals surface area contributed by atoms with Crippen LogP contribution in [0.5, 0.6) is 0 Å². The predicted molar refractivity (Wildman–Crippen MR) is 91.8 cm³/mol. The van der Waals surface area contributed by atoms with Crippen molar-refractivity contribution in [2.75, 3.05) is 23.7 Å². The molecule has 2 aromatic rings. The van der Waals surface area contributed by atoms with Crippen LogP contribution in [-0.4, -0.2) is 46.4 Å². The highest BCUT2D eigenvalue weighted by Gasteiger charge is 2.23. The van der Waals surface area contributed by atoms with Gasteiger partial charge in [0.1, 0.15) is 10.7 Å². The van der Waals surface area contributed by atoms with Gasteiger partial charge in [-0.05, 0) is 38.1 Å². The van der Waals surface area contributed by atoms with E-state index in [4.69, 9.17) is 0 Å². The molecule has 1 heterocycles. The van der Waals surface area contributed by atoms with Crippen LogP contribution in [0.15, 0.2) is 29.2 Å². The lowest BCUT2D eigenvalue weighted by atomic mass is 10.3. The fraction of sp³-hybridized carbons (Fsp3) is 0.357. The van der Waals surface area contributed by atoms with E-state index in [9.17, 15) is 21.2 Å². The number of halogens is 1. The Morgan fingerprint density at radius 2 is 1.76 bits per heavy atom. The second-order valence-electron chi connectivity index (χ2n) is 5.47. The number of hydrogen-bond acceptors (Lipinski definition) is 5. The number of hydrogen-bond donors (Lipinski definition) is 2. The molecular formula is C14H19FN4O4S2. The molecule has 138 valence electrons. The predicted octanol–water partition coefficient (Wildman–Crippen LogP) is 0.910. The number of benzene rings is 1. The zero-order chi connectivity index (χ0) is 18.8. The standard InChI is InChI=1S/C14H19FN4O4S2/c1-10-14(11(2)18-17-10)25(22,23)16-8-9-19(24(3,20)21)13-6-4-12(15)5-7-13/h4-7,16H,8-9H2,1-3H3,(H,17,18). The summed E-state index contributed by atoms with van der Waals surface area (Å²) in [6.07, 6.45) is 0.995. The fourth-order valence-corrected chi connectivity index (χ4v) is 4.70. The van der Waals surface area contributed by atoms with E-state index in [1.807, 2.05) is 0 Å². The summed E-state index contributed by atoms with van der Waals surface area (Å²) in [6.45, 7) is 2.84. The van der Waals surface area contributed by atoms with Crippen LogP contribution >= 0.6 is 0 Å². The van der Waals surface area contributed by atoms with E-state index in [0.717, 1.165) is 22.7 Å². The maximum Gasteiger partial charge on any atom is 0.244 e. The summed E-state index contributed by atoms with van der Waals surface area (Å²) in [7, 11) is -7.49. The highest BCUT2D eigenvalue weighted by Crippen LogP contribution is 2.18. The van der Waals surface area contributed by atoms with Gasteiger partial charge < -0.3 is 0 Å². The second kappa shape index (κ2) is 7.10. The zero-order valence-corrected chi connectivity index (χ0v) is 15.6. The summed E-state index contributed by atoms with van der Waals surface area (Å²) in [4.78, 5) is 0.0418. The quantitative estimate of drug-likeness (QED) is 0.730.